The number of nitrogens with one attached hydrogen (secondary N) is 1. The number of anilines is 1. The van der Waals surface area contributed by atoms with Crippen molar-refractivity contribution in [3.05, 3.63) is 77.0 Å². The molecule has 0 saturated carbocycles. The lowest BCUT2D eigenvalue weighted by molar-refractivity contribution is 0.100. The topological polar surface area (TPSA) is 98.7 Å². The molecule has 0 fully saturated rings. The normalized spacial score (nSPS) is 11.0. The van der Waals surface area contributed by atoms with E-state index in [0.717, 1.165) is 17.3 Å². The van der Waals surface area contributed by atoms with E-state index in [0.29, 0.717) is 35.2 Å². The van der Waals surface area contributed by atoms with Crippen LogP contribution in [0.2, 0.25) is 0 Å². The smallest absolute Gasteiger partial charge is 0.249 e. The van der Waals surface area contributed by atoms with Gasteiger partial charge in [0.15, 0.2) is 0 Å². The van der Waals surface area contributed by atoms with Gasteiger partial charge in [0.1, 0.15) is 11.6 Å². The van der Waals surface area contributed by atoms with E-state index in [-0.39, 0.29) is 5.56 Å². The molecule has 2 heterocycles. The number of hydrogen-bond acceptors (Lipinski definition) is 5. The van der Waals surface area contributed by atoms with Crippen LogP contribution in [-0.2, 0) is 6.54 Å². The quantitative estimate of drug-likeness (QED) is 0.545. The molecule has 0 aliphatic rings. The minimum absolute atomic E-state index is 0.120. The number of fused-ring (bicyclic) bond motifs is 1. The van der Waals surface area contributed by atoms with E-state index >= 15 is 0 Å². The Morgan fingerprint density at radius 2 is 1.86 bits per heavy atom. The number of rotatable bonds is 5. The minimum atomic E-state index is -0.691. The van der Waals surface area contributed by atoms with Gasteiger partial charge in [-0.1, -0.05) is 30.3 Å². The maximum Gasteiger partial charge on any atom is 0.249 e. The molecule has 0 unspecified atom stereocenters. The fraction of sp³-hybridized carbons (Fsp3) is 0.143. The van der Waals surface area contributed by atoms with E-state index in [4.69, 9.17) is 5.73 Å². The van der Waals surface area contributed by atoms with Gasteiger partial charge in [-0.3, -0.25) is 9.36 Å². The summed E-state index contributed by atoms with van der Waals surface area (Å²) in [5, 5.41) is 3.74. The molecule has 0 bridgehead atoms. The van der Waals surface area contributed by atoms with Crippen molar-refractivity contribution in [3.63, 3.8) is 0 Å². The molecule has 2 aromatic heterocycles. The number of aromatic nitrogens is 4. The van der Waals surface area contributed by atoms with Crippen LogP contribution < -0.4 is 11.1 Å². The first kappa shape index (κ1) is 18.5. The molecule has 3 N–H and O–H groups in total. The number of benzene rings is 2. The maximum atomic E-state index is 14.1. The molecule has 146 valence electrons. The number of primary amides is 1. The van der Waals surface area contributed by atoms with Gasteiger partial charge < -0.3 is 11.1 Å². The molecular weight excluding hydrogens is 371 g/mol. The van der Waals surface area contributed by atoms with Gasteiger partial charge in [0.2, 0.25) is 17.8 Å². The first-order chi connectivity index (χ1) is 13.9. The summed E-state index contributed by atoms with van der Waals surface area (Å²) < 4.78 is 15.8. The van der Waals surface area contributed by atoms with Gasteiger partial charge >= 0.3 is 0 Å². The van der Waals surface area contributed by atoms with E-state index in [1.807, 2.05) is 37.3 Å². The lowest BCUT2D eigenvalue weighted by atomic mass is 10.1. The van der Waals surface area contributed by atoms with Gasteiger partial charge in [0, 0.05) is 17.6 Å². The van der Waals surface area contributed by atoms with Crippen molar-refractivity contribution in [2.24, 2.45) is 5.73 Å². The van der Waals surface area contributed by atoms with Crippen LogP contribution in [-0.4, -0.2) is 25.4 Å². The van der Waals surface area contributed by atoms with Crippen LogP contribution in [0.3, 0.4) is 0 Å². The summed E-state index contributed by atoms with van der Waals surface area (Å²) in [5.74, 6) is 0.00611. The zero-order chi connectivity index (χ0) is 20.5. The molecule has 0 atom stereocenters. The summed E-state index contributed by atoms with van der Waals surface area (Å²) in [6, 6.07) is 14.1. The molecule has 8 heteroatoms. The maximum absolute atomic E-state index is 14.1. The summed E-state index contributed by atoms with van der Waals surface area (Å²) >= 11 is 0. The first-order valence-electron chi connectivity index (χ1n) is 9.04. The van der Waals surface area contributed by atoms with Gasteiger partial charge in [-0.2, -0.15) is 15.0 Å². The van der Waals surface area contributed by atoms with Gasteiger partial charge in [0.25, 0.3) is 0 Å². The Bertz CT molecular complexity index is 1220. The van der Waals surface area contributed by atoms with Crippen LogP contribution in [0.25, 0.3) is 16.9 Å². The number of amides is 1. The second kappa shape index (κ2) is 7.31. The van der Waals surface area contributed by atoms with Gasteiger partial charge in [-0.15, -0.1) is 0 Å². The molecular formula is C21H19FN6O. The van der Waals surface area contributed by atoms with Gasteiger partial charge in [-0.05, 0) is 37.6 Å². The highest BCUT2D eigenvalue weighted by Crippen LogP contribution is 2.27. The number of carbonyl (C=O) groups is 1. The van der Waals surface area contributed by atoms with Gasteiger partial charge in [0.05, 0.1) is 11.1 Å². The second-order valence-corrected chi connectivity index (χ2v) is 6.72. The summed E-state index contributed by atoms with van der Waals surface area (Å²) in [5.41, 5.74) is 7.84. The third kappa shape index (κ3) is 3.64. The van der Waals surface area contributed by atoms with Gasteiger partial charge in [-0.25, -0.2) is 4.39 Å². The fourth-order valence-electron chi connectivity index (χ4n) is 3.30. The predicted molar refractivity (Wildman–Crippen MR) is 108 cm³/mol. The van der Waals surface area contributed by atoms with E-state index in [1.165, 1.54) is 6.07 Å². The molecule has 0 radical (unpaired) electrons. The number of nitrogens with zero attached hydrogens (tertiary/aromatic N) is 4. The summed E-state index contributed by atoms with van der Waals surface area (Å²) in [6.07, 6.45) is 0. The number of aryl methyl sites for hydroxylation is 2. The highest BCUT2D eigenvalue weighted by atomic mass is 19.1. The Hall–Kier alpha value is -3.81. The average molecular weight is 390 g/mol. The van der Waals surface area contributed by atoms with Crippen molar-refractivity contribution >= 4 is 22.8 Å². The Morgan fingerprint density at radius 1 is 1.10 bits per heavy atom. The van der Waals surface area contributed by atoms with E-state index < -0.39 is 11.7 Å². The number of carbonyl (C=O) groups excluding carboxylic acids is 1. The van der Waals surface area contributed by atoms with Crippen molar-refractivity contribution < 1.29 is 9.18 Å². The molecule has 0 spiro atoms. The molecule has 0 aliphatic carbocycles. The number of hydrogen-bond donors (Lipinski definition) is 2. The molecule has 2 aromatic carbocycles. The Kier molecular flexibility index (Phi) is 4.67. The van der Waals surface area contributed by atoms with Crippen molar-refractivity contribution in [1.29, 1.82) is 0 Å². The van der Waals surface area contributed by atoms with Crippen LogP contribution in [0, 0.1) is 19.7 Å². The first-order valence-corrected chi connectivity index (χ1v) is 9.04. The van der Waals surface area contributed by atoms with Crippen LogP contribution in [0.5, 0.6) is 0 Å². The lowest BCUT2D eigenvalue weighted by Gasteiger charge is -2.11. The fourth-order valence-corrected chi connectivity index (χ4v) is 3.30. The van der Waals surface area contributed by atoms with Crippen LogP contribution in [0.4, 0.5) is 10.3 Å². The molecule has 29 heavy (non-hydrogen) atoms. The van der Waals surface area contributed by atoms with Crippen molar-refractivity contribution in [2.75, 3.05) is 5.32 Å². The minimum Gasteiger partial charge on any atom is -0.366 e. The monoisotopic (exact) mass is 390 g/mol. The van der Waals surface area contributed by atoms with Crippen molar-refractivity contribution in [1.82, 2.24) is 19.5 Å². The summed E-state index contributed by atoms with van der Waals surface area (Å²) in [4.78, 5) is 25.0. The Labute approximate surface area is 166 Å². The third-order valence-corrected chi connectivity index (χ3v) is 4.56. The van der Waals surface area contributed by atoms with Crippen molar-refractivity contribution in [3.8, 4) is 5.95 Å². The summed E-state index contributed by atoms with van der Waals surface area (Å²) in [6.45, 7) is 4.14. The number of nitrogens with two attached hydrogens (primary N) is 1. The predicted octanol–water partition coefficient (Wildman–Crippen LogP) is 3.28. The highest BCUT2D eigenvalue weighted by Gasteiger charge is 2.18. The molecule has 7 nitrogen and oxygen atoms in total. The van der Waals surface area contributed by atoms with E-state index in [9.17, 15) is 9.18 Å². The molecule has 4 aromatic rings. The molecule has 4 rings (SSSR count). The summed E-state index contributed by atoms with van der Waals surface area (Å²) in [7, 11) is 0. The molecule has 0 aliphatic heterocycles. The van der Waals surface area contributed by atoms with Crippen LogP contribution in [0.1, 0.15) is 27.4 Å². The lowest BCUT2D eigenvalue weighted by Crippen LogP contribution is -2.12. The zero-order valence-electron chi connectivity index (χ0n) is 16.0. The van der Waals surface area contributed by atoms with E-state index in [1.54, 1.807) is 17.6 Å². The average Bonchev–Trinajstić information content (AvgIpc) is 3.01. The highest BCUT2D eigenvalue weighted by molar-refractivity contribution is 6.06. The largest absolute Gasteiger partial charge is 0.366 e. The zero-order valence-corrected chi connectivity index (χ0v) is 16.0. The second-order valence-electron chi connectivity index (χ2n) is 6.72. The molecule has 0 saturated heterocycles. The third-order valence-electron chi connectivity index (χ3n) is 4.56. The standard InChI is InChI=1S/C21H19FN6O/c1-12-8-16-17(19(23)29)9-15(22)10-18(16)28(12)21-26-13(2)25-20(27-21)24-11-14-6-4-3-5-7-14/h3-10H,11H2,1-2H3,(H2,23,29)(H,24,25,26,27). The Morgan fingerprint density at radius 3 is 2.59 bits per heavy atom. The van der Waals surface area contributed by atoms with Crippen LogP contribution >= 0.6 is 0 Å². The molecule has 1 amide bonds. The van der Waals surface area contributed by atoms with E-state index in [2.05, 4.69) is 20.3 Å². The SMILES string of the molecule is Cc1nc(NCc2ccccc2)nc(-n2c(C)cc3c(C(N)=O)cc(F)cc32)n1. The Balaban J connectivity index is 1.79. The van der Waals surface area contributed by atoms with Crippen LogP contribution in [0.15, 0.2) is 48.5 Å². The number of halogens is 1. The van der Waals surface area contributed by atoms with Crippen molar-refractivity contribution in [2.45, 2.75) is 20.4 Å².